The fourth-order valence-electron chi connectivity index (χ4n) is 0.965. The molecule has 4 nitrogen and oxygen atoms in total. The standard InChI is InChI=1S/C10H12N2O2S/c1-12(2)10(15)11-8-5-3-4-7(6-8)9(13)14/h3-6H,1-2H3,(H,11,15)(H,13,14). The van der Waals surface area contributed by atoms with Crippen molar-refractivity contribution in [3.05, 3.63) is 29.8 Å². The number of nitrogens with zero attached hydrogens (tertiary/aromatic N) is 1. The molecule has 1 rings (SSSR count). The van der Waals surface area contributed by atoms with Gasteiger partial charge in [-0.05, 0) is 30.4 Å². The lowest BCUT2D eigenvalue weighted by Gasteiger charge is -2.15. The molecule has 0 aliphatic heterocycles. The van der Waals surface area contributed by atoms with Gasteiger partial charge >= 0.3 is 5.97 Å². The Balaban J connectivity index is 2.83. The first-order valence-corrected chi connectivity index (χ1v) is 4.73. The average Bonchev–Trinajstić information content (AvgIpc) is 2.18. The number of aromatic carboxylic acids is 1. The zero-order valence-corrected chi connectivity index (χ0v) is 9.34. The van der Waals surface area contributed by atoms with E-state index in [4.69, 9.17) is 17.3 Å². The molecule has 0 unspecified atom stereocenters. The highest BCUT2D eigenvalue weighted by molar-refractivity contribution is 7.80. The molecule has 1 aromatic rings. The summed E-state index contributed by atoms with van der Waals surface area (Å²) < 4.78 is 0. The number of carbonyl (C=O) groups is 1. The Labute approximate surface area is 93.5 Å². The molecule has 0 fully saturated rings. The third-order valence-corrected chi connectivity index (χ3v) is 2.23. The molecule has 0 radical (unpaired) electrons. The third-order valence-electron chi connectivity index (χ3n) is 1.77. The van der Waals surface area contributed by atoms with Crippen LogP contribution in [0.1, 0.15) is 10.4 Å². The molecule has 0 bridgehead atoms. The van der Waals surface area contributed by atoms with Crippen molar-refractivity contribution in [2.24, 2.45) is 0 Å². The van der Waals surface area contributed by atoms with Crippen molar-refractivity contribution in [3.63, 3.8) is 0 Å². The molecule has 15 heavy (non-hydrogen) atoms. The Bertz CT molecular complexity index is 391. The zero-order chi connectivity index (χ0) is 11.4. The summed E-state index contributed by atoms with van der Waals surface area (Å²) in [6.45, 7) is 0. The van der Waals surface area contributed by atoms with Gasteiger partial charge in [-0.2, -0.15) is 0 Å². The van der Waals surface area contributed by atoms with Crippen LogP contribution < -0.4 is 5.32 Å². The summed E-state index contributed by atoms with van der Waals surface area (Å²) in [4.78, 5) is 12.4. The van der Waals surface area contributed by atoms with Gasteiger partial charge in [-0.1, -0.05) is 6.07 Å². The summed E-state index contributed by atoms with van der Waals surface area (Å²) in [5.74, 6) is -0.950. The van der Waals surface area contributed by atoms with Gasteiger partial charge in [0.1, 0.15) is 0 Å². The van der Waals surface area contributed by atoms with E-state index >= 15 is 0 Å². The Kier molecular flexibility index (Phi) is 3.62. The number of carboxylic acid groups (broad SMARTS) is 1. The fraction of sp³-hybridized carbons (Fsp3) is 0.200. The molecule has 0 atom stereocenters. The van der Waals surface area contributed by atoms with Crippen molar-refractivity contribution in [2.45, 2.75) is 0 Å². The summed E-state index contributed by atoms with van der Waals surface area (Å²) in [6, 6.07) is 6.51. The Hall–Kier alpha value is -1.62. The van der Waals surface area contributed by atoms with Gasteiger partial charge in [-0.25, -0.2) is 4.79 Å². The van der Waals surface area contributed by atoms with Crippen LogP contribution >= 0.6 is 12.2 Å². The second-order valence-electron chi connectivity index (χ2n) is 3.21. The molecule has 0 aromatic heterocycles. The highest BCUT2D eigenvalue weighted by Crippen LogP contribution is 2.10. The van der Waals surface area contributed by atoms with Crippen molar-refractivity contribution in [1.82, 2.24) is 4.90 Å². The van der Waals surface area contributed by atoms with Crippen molar-refractivity contribution in [2.75, 3.05) is 19.4 Å². The van der Waals surface area contributed by atoms with Gasteiger partial charge < -0.3 is 15.3 Å². The van der Waals surface area contributed by atoms with E-state index in [0.717, 1.165) is 0 Å². The van der Waals surface area contributed by atoms with Crippen LogP contribution in [0.25, 0.3) is 0 Å². The van der Waals surface area contributed by atoms with Crippen molar-refractivity contribution >= 4 is 29.0 Å². The van der Waals surface area contributed by atoms with Gasteiger partial charge in [0.15, 0.2) is 5.11 Å². The van der Waals surface area contributed by atoms with Gasteiger partial charge in [0.25, 0.3) is 0 Å². The second kappa shape index (κ2) is 4.75. The van der Waals surface area contributed by atoms with Gasteiger partial charge in [0.05, 0.1) is 5.56 Å². The van der Waals surface area contributed by atoms with Gasteiger partial charge in [-0.3, -0.25) is 0 Å². The molecule has 0 amide bonds. The zero-order valence-electron chi connectivity index (χ0n) is 8.52. The molecular formula is C10H12N2O2S. The predicted octanol–water partition coefficient (Wildman–Crippen LogP) is 1.64. The minimum absolute atomic E-state index is 0.238. The number of benzene rings is 1. The normalized spacial score (nSPS) is 9.47. The third kappa shape index (κ3) is 3.21. The first-order chi connectivity index (χ1) is 7.00. The van der Waals surface area contributed by atoms with Crippen LogP contribution in [0.2, 0.25) is 0 Å². The Morgan fingerprint density at radius 2 is 2.13 bits per heavy atom. The molecule has 1 aromatic carbocycles. The highest BCUT2D eigenvalue weighted by Gasteiger charge is 2.04. The topological polar surface area (TPSA) is 52.6 Å². The van der Waals surface area contributed by atoms with Crippen LogP contribution in [0.15, 0.2) is 24.3 Å². The van der Waals surface area contributed by atoms with E-state index in [2.05, 4.69) is 5.32 Å². The fourth-order valence-corrected chi connectivity index (χ4v) is 1.08. The number of rotatable bonds is 2. The first-order valence-electron chi connectivity index (χ1n) is 4.32. The summed E-state index contributed by atoms with van der Waals surface area (Å²) in [5, 5.41) is 12.3. The van der Waals surface area contributed by atoms with E-state index in [-0.39, 0.29) is 5.56 Å². The number of nitrogens with one attached hydrogen (secondary N) is 1. The first kappa shape index (κ1) is 11.5. The lowest BCUT2D eigenvalue weighted by molar-refractivity contribution is 0.0697. The van der Waals surface area contributed by atoms with E-state index in [1.54, 1.807) is 17.0 Å². The number of hydrogen-bond acceptors (Lipinski definition) is 2. The molecule has 0 aliphatic carbocycles. The van der Waals surface area contributed by atoms with Gasteiger partial charge in [0, 0.05) is 19.8 Å². The number of hydrogen-bond donors (Lipinski definition) is 2. The largest absolute Gasteiger partial charge is 0.478 e. The van der Waals surface area contributed by atoms with Crippen LogP contribution in [0.5, 0.6) is 0 Å². The van der Waals surface area contributed by atoms with E-state index in [1.165, 1.54) is 12.1 Å². The molecule has 0 heterocycles. The van der Waals surface area contributed by atoms with Gasteiger partial charge in [0.2, 0.25) is 0 Å². The summed E-state index contributed by atoms with van der Waals surface area (Å²) in [6.07, 6.45) is 0. The molecule has 2 N–H and O–H groups in total. The quantitative estimate of drug-likeness (QED) is 0.748. The summed E-state index contributed by atoms with van der Waals surface area (Å²) >= 11 is 5.04. The highest BCUT2D eigenvalue weighted by atomic mass is 32.1. The molecule has 5 heteroatoms. The SMILES string of the molecule is CN(C)C(=S)Nc1cccc(C(=O)O)c1. The van der Waals surface area contributed by atoms with E-state index in [1.807, 2.05) is 14.1 Å². The molecular weight excluding hydrogens is 212 g/mol. The monoisotopic (exact) mass is 224 g/mol. The number of anilines is 1. The van der Waals surface area contributed by atoms with Gasteiger partial charge in [-0.15, -0.1) is 0 Å². The van der Waals surface area contributed by atoms with Crippen LogP contribution in [-0.2, 0) is 0 Å². The van der Waals surface area contributed by atoms with Crippen molar-refractivity contribution in [1.29, 1.82) is 0 Å². The van der Waals surface area contributed by atoms with Crippen LogP contribution in [0, 0.1) is 0 Å². The summed E-state index contributed by atoms with van der Waals surface area (Å²) in [7, 11) is 3.63. The maximum Gasteiger partial charge on any atom is 0.335 e. The number of thiocarbonyl (C=S) groups is 1. The van der Waals surface area contributed by atoms with Crippen molar-refractivity contribution in [3.8, 4) is 0 Å². The van der Waals surface area contributed by atoms with Crippen molar-refractivity contribution < 1.29 is 9.90 Å². The summed E-state index contributed by atoms with van der Waals surface area (Å²) in [5.41, 5.74) is 0.912. The Morgan fingerprint density at radius 1 is 1.47 bits per heavy atom. The molecule has 0 saturated carbocycles. The molecule has 0 saturated heterocycles. The average molecular weight is 224 g/mol. The molecule has 80 valence electrons. The van der Waals surface area contributed by atoms with Crippen LogP contribution in [-0.4, -0.2) is 35.2 Å². The van der Waals surface area contributed by atoms with E-state index < -0.39 is 5.97 Å². The number of carboxylic acids is 1. The van der Waals surface area contributed by atoms with Crippen LogP contribution in [0.4, 0.5) is 5.69 Å². The van der Waals surface area contributed by atoms with E-state index in [9.17, 15) is 4.79 Å². The predicted molar refractivity (Wildman–Crippen MR) is 63.3 cm³/mol. The second-order valence-corrected chi connectivity index (χ2v) is 3.60. The van der Waals surface area contributed by atoms with Crippen LogP contribution in [0.3, 0.4) is 0 Å². The lowest BCUT2D eigenvalue weighted by atomic mass is 10.2. The smallest absolute Gasteiger partial charge is 0.335 e. The lowest BCUT2D eigenvalue weighted by Crippen LogP contribution is -2.27. The molecule has 0 aliphatic rings. The minimum atomic E-state index is -0.950. The molecule has 0 spiro atoms. The maximum atomic E-state index is 10.7. The maximum absolute atomic E-state index is 10.7. The Morgan fingerprint density at radius 3 is 2.67 bits per heavy atom. The van der Waals surface area contributed by atoms with E-state index in [0.29, 0.717) is 10.8 Å². The minimum Gasteiger partial charge on any atom is -0.478 e.